The number of thiophene rings is 1. The van der Waals surface area contributed by atoms with Gasteiger partial charge in [-0.3, -0.25) is 4.40 Å². The Morgan fingerprint density at radius 1 is 1.38 bits per heavy atom. The lowest BCUT2D eigenvalue weighted by Crippen LogP contribution is -2.27. The molecule has 21 heavy (non-hydrogen) atoms. The van der Waals surface area contributed by atoms with Crippen molar-refractivity contribution in [1.29, 1.82) is 0 Å². The van der Waals surface area contributed by atoms with Crippen molar-refractivity contribution in [2.45, 2.75) is 18.0 Å². The number of nitrogens with zero attached hydrogens (tertiary/aromatic N) is 2. The first kappa shape index (κ1) is 15.3. The molecule has 0 aliphatic carbocycles. The minimum Gasteiger partial charge on any atom is -0.279 e. The van der Waals surface area contributed by atoms with Crippen LogP contribution in [0.5, 0.6) is 0 Å². The van der Waals surface area contributed by atoms with Gasteiger partial charge >= 0.3 is 0 Å². The van der Waals surface area contributed by atoms with Gasteiger partial charge in [0.05, 0.1) is 10.4 Å². The zero-order valence-electron chi connectivity index (χ0n) is 10.6. The zero-order valence-corrected chi connectivity index (χ0v) is 14.5. The number of nitrogens with one attached hydrogen (secondary N) is 1. The van der Waals surface area contributed by atoms with E-state index in [1.807, 2.05) is 0 Å². The van der Waals surface area contributed by atoms with Gasteiger partial charge in [0.1, 0.15) is 0 Å². The Hall–Kier alpha value is -0.640. The maximum Gasteiger partial charge on any atom is 0.260 e. The molecule has 0 saturated heterocycles. The van der Waals surface area contributed by atoms with Gasteiger partial charge in [-0.05, 0) is 19.1 Å². The van der Waals surface area contributed by atoms with Gasteiger partial charge in [-0.15, -0.1) is 22.7 Å². The SMILES string of the molecule is CC(NS(=O)(=O)c1c(Cl)nc2sccn12)c1ccc(Cl)s1. The van der Waals surface area contributed by atoms with Crippen molar-refractivity contribution in [2.24, 2.45) is 0 Å². The van der Waals surface area contributed by atoms with Crippen molar-refractivity contribution in [2.75, 3.05) is 0 Å². The smallest absolute Gasteiger partial charge is 0.260 e. The van der Waals surface area contributed by atoms with Crippen LogP contribution >= 0.6 is 45.9 Å². The van der Waals surface area contributed by atoms with Crippen LogP contribution in [0.1, 0.15) is 17.8 Å². The lowest BCUT2D eigenvalue weighted by atomic mass is 10.3. The number of hydrogen-bond acceptors (Lipinski definition) is 5. The Kier molecular flexibility index (Phi) is 4.02. The molecule has 112 valence electrons. The standard InChI is InChI=1S/C11H9Cl2N3O2S3/c1-6(7-2-3-8(12)20-7)15-21(17,18)10-9(13)14-11-16(10)4-5-19-11/h2-6,15H,1H3. The highest BCUT2D eigenvalue weighted by atomic mass is 35.5. The predicted octanol–water partition coefficient (Wildman–Crippen LogP) is 3.80. The van der Waals surface area contributed by atoms with Crippen molar-refractivity contribution in [3.63, 3.8) is 0 Å². The molecule has 0 amide bonds. The van der Waals surface area contributed by atoms with E-state index in [0.717, 1.165) is 4.88 Å². The normalized spacial score (nSPS) is 13.9. The molecule has 10 heteroatoms. The molecule has 5 nitrogen and oxygen atoms in total. The minimum atomic E-state index is -3.79. The van der Waals surface area contributed by atoms with Crippen LogP contribution in [0.4, 0.5) is 0 Å². The minimum absolute atomic E-state index is 0.0363. The molecule has 0 bridgehead atoms. The Morgan fingerprint density at radius 2 is 2.14 bits per heavy atom. The van der Waals surface area contributed by atoms with Gasteiger partial charge in [0, 0.05) is 16.5 Å². The van der Waals surface area contributed by atoms with Crippen LogP contribution in [0.15, 0.2) is 28.7 Å². The van der Waals surface area contributed by atoms with Gasteiger partial charge in [0.2, 0.25) is 0 Å². The molecule has 0 aliphatic heterocycles. The number of sulfonamides is 1. The number of hydrogen-bond donors (Lipinski definition) is 1. The Morgan fingerprint density at radius 3 is 2.81 bits per heavy atom. The average molecular weight is 382 g/mol. The van der Waals surface area contributed by atoms with Crippen LogP contribution in [0.2, 0.25) is 9.49 Å². The van der Waals surface area contributed by atoms with Crippen LogP contribution < -0.4 is 4.72 Å². The summed E-state index contributed by atoms with van der Waals surface area (Å²) in [7, 11) is -3.79. The Labute approximate surface area is 139 Å². The molecule has 1 unspecified atom stereocenters. The first-order valence-electron chi connectivity index (χ1n) is 5.77. The summed E-state index contributed by atoms with van der Waals surface area (Å²) < 4.78 is 29.7. The largest absolute Gasteiger partial charge is 0.279 e. The van der Waals surface area contributed by atoms with Crippen molar-refractivity contribution < 1.29 is 8.42 Å². The second kappa shape index (κ2) is 5.53. The highest BCUT2D eigenvalue weighted by Crippen LogP contribution is 2.30. The average Bonchev–Trinajstić information content (AvgIpc) is 3.03. The molecular formula is C11H9Cl2N3O2S3. The van der Waals surface area contributed by atoms with E-state index < -0.39 is 16.1 Å². The molecule has 3 rings (SSSR count). The van der Waals surface area contributed by atoms with Gasteiger partial charge in [-0.1, -0.05) is 23.2 Å². The molecule has 0 aromatic carbocycles. The quantitative estimate of drug-likeness (QED) is 0.747. The molecular weight excluding hydrogens is 373 g/mol. The molecule has 0 aliphatic rings. The monoisotopic (exact) mass is 381 g/mol. The third kappa shape index (κ3) is 2.84. The van der Waals surface area contributed by atoms with Crippen molar-refractivity contribution in [3.8, 4) is 0 Å². The Balaban J connectivity index is 1.97. The lowest BCUT2D eigenvalue weighted by molar-refractivity contribution is 0.564. The van der Waals surface area contributed by atoms with Crippen molar-refractivity contribution >= 4 is 60.9 Å². The summed E-state index contributed by atoms with van der Waals surface area (Å²) >= 11 is 14.5. The van der Waals surface area contributed by atoms with E-state index in [-0.39, 0.29) is 10.2 Å². The molecule has 1 atom stereocenters. The topological polar surface area (TPSA) is 63.5 Å². The number of fused-ring (bicyclic) bond motifs is 1. The predicted molar refractivity (Wildman–Crippen MR) is 86.1 cm³/mol. The van der Waals surface area contributed by atoms with E-state index in [0.29, 0.717) is 9.30 Å². The molecule has 3 aromatic rings. The van der Waals surface area contributed by atoms with Crippen LogP contribution in [0.3, 0.4) is 0 Å². The maximum absolute atomic E-state index is 12.5. The second-order valence-electron chi connectivity index (χ2n) is 4.25. The van der Waals surface area contributed by atoms with Gasteiger partial charge in [-0.25, -0.2) is 18.1 Å². The fraction of sp³-hybridized carbons (Fsp3) is 0.182. The highest BCUT2D eigenvalue weighted by molar-refractivity contribution is 7.89. The van der Waals surface area contributed by atoms with Crippen LogP contribution in [-0.2, 0) is 10.0 Å². The van der Waals surface area contributed by atoms with E-state index >= 15 is 0 Å². The first-order chi connectivity index (χ1) is 9.88. The lowest BCUT2D eigenvalue weighted by Gasteiger charge is -2.12. The molecule has 0 spiro atoms. The molecule has 3 heterocycles. The molecule has 0 fully saturated rings. The van der Waals surface area contributed by atoms with Gasteiger partial charge in [0.25, 0.3) is 10.0 Å². The van der Waals surface area contributed by atoms with Gasteiger partial charge < -0.3 is 0 Å². The summed E-state index contributed by atoms with van der Waals surface area (Å²) in [5.41, 5.74) is 0. The summed E-state index contributed by atoms with van der Waals surface area (Å²) in [6.45, 7) is 1.75. The number of aromatic nitrogens is 2. The zero-order chi connectivity index (χ0) is 15.2. The van der Waals surface area contributed by atoms with Crippen molar-refractivity contribution in [3.05, 3.63) is 38.1 Å². The third-order valence-electron chi connectivity index (χ3n) is 2.79. The third-order valence-corrected chi connectivity index (χ3v) is 6.89. The second-order valence-corrected chi connectivity index (χ2v) is 8.86. The van der Waals surface area contributed by atoms with E-state index in [9.17, 15) is 8.42 Å². The first-order valence-corrected chi connectivity index (χ1v) is 9.70. The number of imidazole rings is 1. The van der Waals surface area contributed by atoms with E-state index in [1.165, 1.54) is 27.1 Å². The van der Waals surface area contributed by atoms with E-state index in [1.54, 1.807) is 30.6 Å². The fourth-order valence-corrected chi connectivity index (χ4v) is 5.70. The van der Waals surface area contributed by atoms with E-state index in [4.69, 9.17) is 23.2 Å². The highest BCUT2D eigenvalue weighted by Gasteiger charge is 2.27. The molecule has 1 N–H and O–H groups in total. The van der Waals surface area contributed by atoms with Crippen LogP contribution in [0.25, 0.3) is 4.96 Å². The summed E-state index contributed by atoms with van der Waals surface area (Å²) in [5, 5.41) is 1.67. The molecule has 0 radical (unpaired) electrons. The molecule has 3 aromatic heterocycles. The maximum atomic E-state index is 12.5. The van der Waals surface area contributed by atoms with Crippen LogP contribution in [0, 0.1) is 0 Å². The summed E-state index contributed by atoms with van der Waals surface area (Å²) in [5.74, 6) is 0. The summed E-state index contributed by atoms with van der Waals surface area (Å²) in [6, 6.07) is 3.11. The summed E-state index contributed by atoms with van der Waals surface area (Å²) in [6.07, 6.45) is 1.63. The molecule has 0 saturated carbocycles. The fourth-order valence-electron chi connectivity index (χ4n) is 1.89. The Bertz CT molecular complexity index is 897. The van der Waals surface area contributed by atoms with E-state index in [2.05, 4.69) is 9.71 Å². The number of thiazole rings is 1. The van der Waals surface area contributed by atoms with Gasteiger partial charge in [-0.2, -0.15) is 0 Å². The number of rotatable bonds is 4. The van der Waals surface area contributed by atoms with Crippen LogP contribution in [-0.4, -0.2) is 17.8 Å². The summed E-state index contributed by atoms with van der Waals surface area (Å²) in [4.78, 5) is 5.39. The van der Waals surface area contributed by atoms with Gasteiger partial charge in [0.15, 0.2) is 15.1 Å². The number of halogens is 2. The van der Waals surface area contributed by atoms with Crippen molar-refractivity contribution in [1.82, 2.24) is 14.1 Å².